The molecule has 0 aliphatic rings. The van der Waals surface area contributed by atoms with E-state index >= 15 is 0 Å². The van der Waals surface area contributed by atoms with E-state index in [-0.39, 0.29) is 18.6 Å². The molecule has 0 radical (unpaired) electrons. The molecule has 1 unspecified atom stereocenters. The molecule has 0 amide bonds. The van der Waals surface area contributed by atoms with E-state index in [1.54, 1.807) is 24.3 Å². The van der Waals surface area contributed by atoms with Crippen molar-refractivity contribution >= 4 is 18.2 Å². The fourth-order valence-electron chi connectivity index (χ4n) is 1.48. The highest BCUT2D eigenvalue weighted by Gasteiger charge is 2.17. The Kier molecular flexibility index (Phi) is 6.82. The van der Waals surface area contributed by atoms with Crippen molar-refractivity contribution in [3.05, 3.63) is 36.4 Å². The fourth-order valence-corrected chi connectivity index (χ4v) is 1.48. The molecule has 0 N–H and O–H groups in total. The zero-order valence-electron chi connectivity index (χ0n) is 12.5. The maximum absolute atomic E-state index is 11.7. The Labute approximate surface area is 128 Å². The van der Waals surface area contributed by atoms with E-state index in [4.69, 9.17) is 14.2 Å². The number of hydrogen-bond acceptors (Lipinski definition) is 6. The number of methoxy groups -OCH3 is 1. The predicted octanol–water partition coefficient (Wildman–Crippen LogP) is 1.93. The smallest absolute Gasteiger partial charge is 0.333 e. The minimum Gasteiger partial charge on any atom is -0.497 e. The van der Waals surface area contributed by atoms with Crippen LogP contribution >= 0.6 is 0 Å². The van der Waals surface area contributed by atoms with Gasteiger partial charge in [0.1, 0.15) is 24.4 Å². The van der Waals surface area contributed by atoms with Gasteiger partial charge in [0.2, 0.25) is 0 Å². The van der Waals surface area contributed by atoms with E-state index < -0.39 is 17.9 Å². The maximum Gasteiger partial charge on any atom is 0.333 e. The Hall–Kier alpha value is -2.63. The van der Waals surface area contributed by atoms with Crippen molar-refractivity contribution in [1.82, 2.24) is 0 Å². The van der Waals surface area contributed by atoms with Gasteiger partial charge in [0, 0.05) is 5.57 Å². The van der Waals surface area contributed by atoms with Gasteiger partial charge < -0.3 is 19.0 Å². The highest BCUT2D eigenvalue weighted by molar-refractivity contribution is 5.87. The Bertz CT molecular complexity index is 546. The molecular formula is C16H18O6. The minimum atomic E-state index is -0.756. The van der Waals surface area contributed by atoms with E-state index in [1.807, 2.05) is 0 Å². The van der Waals surface area contributed by atoms with Gasteiger partial charge in [-0.25, -0.2) is 4.79 Å². The Balaban J connectivity index is 2.48. The molecule has 22 heavy (non-hydrogen) atoms. The summed E-state index contributed by atoms with van der Waals surface area (Å²) in [5.74, 6) is -0.968. The quantitative estimate of drug-likeness (QED) is 0.316. The van der Waals surface area contributed by atoms with E-state index in [0.717, 1.165) is 0 Å². The number of ether oxygens (including phenoxy) is 3. The first-order valence-corrected chi connectivity index (χ1v) is 6.59. The summed E-state index contributed by atoms with van der Waals surface area (Å²) >= 11 is 0. The highest BCUT2D eigenvalue weighted by Crippen LogP contribution is 2.18. The van der Waals surface area contributed by atoms with Gasteiger partial charge in [0.15, 0.2) is 0 Å². The molecule has 0 saturated carbocycles. The van der Waals surface area contributed by atoms with Crippen molar-refractivity contribution in [1.29, 1.82) is 0 Å². The van der Waals surface area contributed by atoms with Crippen molar-refractivity contribution in [2.24, 2.45) is 5.92 Å². The van der Waals surface area contributed by atoms with Gasteiger partial charge in [-0.1, -0.05) is 6.58 Å². The van der Waals surface area contributed by atoms with Crippen LogP contribution in [0.5, 0.6) is 11.5 Å². The van der Waals surface area contributed by atoms with Gasteiger partial charge in [0.05, 0.1) is 19.4 Å². The van der Waals surface area contributed by atoms with Gasteiger partial charge >= 0.3 is 11.9 Å². The van der Waals surface area contributed by atoms with Crippen LogP contribution in [0.15, 0.2) is 36.4 Å². The van der Waals surface area contributed by atoms with Crippen LogP contribution in [0.25, 0.3) is 0 Å². The lowest BCUT2D eigenvalue weighted by Gasteiger charge is -2.11. The van der Waals surface area contributed by atoms with Crippen LogP contribution in [0.1, 0.15) is 13.3 Å². The molecule has 1 aromatic rings. The van der Waals surface area contributed by atoms with Crippen LogP contribution in [0.4, 0.5) is 0 Å². The van der Waals surface area contributed by atoms with Gasteiger partial charge in [-0.3, -0.25) is 4.79 Å². The summed E-state index contributed by atoms with van der Waals surface area (Å²) in [6.45, 7) is 4.73. The van der Waals surface area contributed by atoms with Crippen molar-refractivity contribution in [3.63, 3.8) is 0 Å². The van der Waals surface area contributed by atoms with E-state index in [9.17, 15) is 14.4 Å². The third kappa shape index (κ3) is 5.78. The van der Waals surface area contributed by atoms with Gasteiger partial charge in [0.25, 0.3) is 0 Å². The van der Waals surface area contributed by atoms with Crippen LogP contribution in [0.2, 0.25) is 0 Å². The standard InChI is InChI=1S/C16H18O6/c1-11(2)16(19)21-10-12(9-17)8-15(18)22-14-6-4-13(20-3)5-7-14/h4-7,9,12H,1,8,10H2,2-3H3. The fraction of sp³-hybridized carbons (Fsp3) is 0.312. The molecule has 0 fully saturated rings. The number of benzene rings is 1. The van der Waals surface area contributed by atoms with Gasteiger partial charge in [-0.2, -0.15) is 0 Å². The number of esters is 2. The van der Waals surface area contributed by atoms with E-state index in [0.29, 0.717) is 17.8 Å². The molecule has 0 bridgehead atoms. The Morgan fingerprint density at radius 1 is 1.23 bits per heavy atom. The molecule has 6 heteroatoms. The summed E-state index contributed by atoms with van der Waals surface area (Å²) in [6.07, 6.45) is 0.375. The number of rotatable bonds is 8. The molecule has 6 nitrogen and oxygen atoms in total. The minimum absolute atomic E-state index is 0.182. The largest absolute Gasteiger partial charge is 0.497 e. The summed E-state index contributed by atoms with van der Waals surface area (Å²) in [5, 5.41) is 0. The maximum atomic E-state index is 11.7. The summed E-state index contributed by atoms with van der Waals surface area (Å²) in [6, 6.07) is 6.45. The summed E-state index contributed by atoms with van der Waals surface area (Å²) < 4.78 is 14.9. The molecule has 1 aromatic carbocycles. The zero-order valence-corrected chi connectivity index (χ0v) is 12.5. The lowest BCUT2D eigenvalue weighted by atomic mass is 10.1. The van der Waals surface area contributed by atoms with Crippen LogP contribution in [0, 0.1) is 5.92 Å². The number of carbonyl (C=O) groups excluding carboxylic acids is 3. The average molecular weight is 306 g/mol. The third-order valence-corrected chi connectivity index (χ3v) is 2.69. The molecule has 1 atom stereocenters. The second kappa shape index (κ2) is 8.61. The zero-order chi connectivity index (χ0) is 16.5. The molecule has 0 heterocycles. The third-order valence-electron chi connectivity index (χ3n) is 2.69. The molecule has 0 aromatic heterocycles. The monoisotopic (exact) mass is 306 g/mol. The Morgan fingerprint density at radius 3 is 2.32 bits per heavy atom. The lowest BCUT2D eigenvalue weighted by Crippen LogP contribution is -2.21. The number of hydrogen-bond donors (Lipinski definition) is 0. The first-order valence-electron chi connectivity index (χ1n) is 6.59. The predicted molar refractivity (Wildman–Crippen MR) is 78.6 cm³/mol. The first-order chi connectivity index (χ1) is 10.5. The van der Waals surface area contributed by atoms with Crippen LogP contribution in [-0.4, -0.2) is 31.9 Å². The van der Waals surface area contributed by atoms with Crippen molar-refractivity contribution in [2.45, 2.75) is 13.3 Å². The summed E-state index contributed by atoms with van der Waals surface area (Å²) in [7, 11) is 1.53. The molecule has 1 rings (SSSR count). The van der Waals surface area contributed by atoms with Gasteiger partial charge in [-0.05, 0) is 31.2 Å². The van der Waals surface area contributed by atoms with Crippen LogP contribution in [-0.2, 0) is 19.1 Å². The van der Waals surface area contributed by atoms with E-state index in [2.05, 4.69) is 6.58 Å². The molecule has 0 aliphatic heterocycles. The van der Waals surface area contributed by atoms with Crippen LogP contribution in [0.3, 0.4) is 0 Å². The molecule has 0 saturated heterocycles. The highest BCUT2D eigenvalue weighted by atomic mass is 16.5. The molecule has 0 aliphatic carbocycles. The number of carbonyl (C=O) groups is 3. The summed E-state index contributed by atoms with van der Waals surface area (Å²) in [4.78, 5) is 33.9. The Morgan fingerprint density at radius 2 is 1.82 bits per heavy atom. The van der Waals surface area contributed by atoms with Crippen molar-refractivity contribution in [3.8, 4) is 11.5 Å². The topological polar surface area (TPSA) is 78.9 Å². The van der Waals surface area contributed by atoms with Gasteiger partial charge in [-0.15, -0.1) is 0 Å². The van der Waals surface area contributed by atoms with E-state index in [1.165, 1.54) is 14.0 Å². The second-order valence-electron chi connectivity index (χ2n) is 4.63. The van der Waals surface area contributed by atoms with Crippen molar-refractivity contribution < 1.29 is 28.6 Å². The molecular weight excluding hydrogens is 288 g/mol. The van der Waals surface area contributed by atoms with Crippen LogP contribution < -0.4 is 9.47 Å². The first kappa shape index (κ1) is 17.4. The lowest BCUT2D eigenvalue weighted by molar-refractivity contribution is -0.144. The normalized spacial score (nSPS) is 11.2. The van der Waals surface area contributed by atoms with Crippen molar-refractivity contribution in [2.75, 3.05) is 13.7 Å². The number of aldehydes is 1. The summed E-state index contributed by atoms with van der Waals surface area (Å²) in [5.41, 5.74) is 0.227. The second-order valence-corrected chi connectivity index (χ2v) is 4.63. The molecule has 118 valence electrons. The average Bonchev–Trinajstić information content (AvgIpc) is 2.51. The SMILES string of the molecule is C=C(C)C(=O)OCC(C=O)CC(=O)Oc1ccc(OC)cc1. The molecule has 0 spiro atoms.